The highest BCUT2D eigenvalue weighted by Gasteiger charge is 2.13. The van der Waals surface area contributed by atoms with Crippen LogP contribution in [-0.4, -0.2) is 35.6 Å². The lowest BCUT2D eigenvalue weighted by molar-refractivity contribution is 0.299. The van der Waals surface area contributed by atoms with Gasteiger partial charge in [-0.1, -0.05) is 18.5 Å². The first-order valence-corrected chi connectivity index (χ1v) is 6.78. The Hall–Kier alpha value is -1.71. The molecular weight excluding hydrogens is 240 g/mol. The van der Waals surface area contributed by atoms with Gasteiger partial charge in [-0.15, -0.1) is 0 Å². The first kappa shape index (κ1) is 15.3. The van der Waals surface area contributed by atoms with E-state index < -0.39 is 0 Å². The normalized spacial score (nSPS) is 11.7. The van der Waals surface area contributed by atoms with Crippen LogP contribution in [0.15, 0.2) is 29.4 Å². The smallest absolute Gasteiger partial charge is 0.175 e. The molecule has 0 spiro atoms. The number of hydrogen-bond donors (Lipinski definition) is 1. The van der Waals surface area contributed by atoms with E-state index in [2.05, 4.69) is 12.1 Å². The number of oxime groups is 1. The van der Waals surface area contributed by atoms with E-state index in [0.717, 1.165) is 30.8 Å². The SMILES string of the molecule is CCCCOc1ccc(/C(=N\O)N(C)C(C)C)cc1. The van der Waals surface area contributed by atoms with E-state index in [9.17, 15) is 0 Å². The van der Waals surface area contributed by atoms with Crippen molar-refractivity contribution in [2.24, 2.45) is 5.16 Å². The molecule has 1 aromatic carbocycles. The Morgan fingerprint density at radius 1 is 1.32 bits per heavy atom. The second-order valence-corrected chi connectivity index (χ2v) is 4.85. The van der Waals surface area contributed by atoms with Gasteiger partial charge in [0.05, 0.1) is 6.61 Å². The zero-order valence-electron chi connectivity index (χ0n) is 12.3. The summed E-state index contributed by atoms with van der Waals surface area (Å²) in [6.07, 6.45) is 2.18. The molecule has 0 aliphatic carbocycles. The third-order valence-electron chi connectivity index (χ3n) is 3.08. The van der Waals surface area contributed by atoms with Gasteiger partial charge in [0.2, 0.25) is 0 Å². The van der Waals surface area contributed by atoms with Crippen LogP contribution < -0.4 is 4.74 Å². The Kier molecular flexibility index (Phi) is 6.19. The Morgan fingerprint density at radius 3 is 2.42 bits per heavy atom. The number of unbranched alkanes of at least 4 members (excludes halogenated alkanes) is 1. The van der Waals surface area contributed by atoms with E-state index >= 15 is 0 Å². The van der Waals surface area contributed by atoms with Gasteiger partial charge in [0.15, 0.2) is 5.84 Å². The van der Waals surface area contributed by atoms with Crippen LogP contribution in [0.5, 0.6) is 5.75 Å². The zero-order valence-corrected chi connectivity index (χ0v) is 12.3. The molecule has 0 aliphatic rings. The molecule has 0 atom stereocenters. The van der Waals surface area contributed by atoms with Gasteiger partial charge >= 0.3 is 0 Å². The molecule has 0 saturated carbocycles. The number of benzene rings is 1. The average molecular weight is 264 g/mol. The third-order valence-corrected chi connectivity index (χ3v) is 3.08. The van der Waals surface area contributed by atoms with Crippen LogP contribution in [0.3, 0.4) is 0 Å². The predicted molar refractivity (Wildman–Crippen MR) is 78.1 cm³/mol. The van der Waals surface area contributed by atoms with Crippen molar-refractivity contribution in [2.45, 2.75) is 39.7 Å². The maximum absolute atomic E-state index is 9.16. The fourth-order valence-electron chi connectivity index (χ4n) is 1.61. The number of ether oxygens (including phenoxy) is 1. The second-order valence-electron chi connectivity index (χ2n) is 4.85. The molecule has 0 aromatic heterocycles. The second kappa shape index (κ2) is 7.67. The van der Waals surface area contributed by atoms with Gasteiger partial charge in [-0.2, -0.15) is 0 Å². The number of amidine groups is 1. The van der Waals surface area contributed by atoms with Crippen molar-refractivity contribution in [3.63, 3.8) is 0 Å². The summed E-state index contributed by atoms with van der Waals surface area (Å²) in [5, 5.41) is 12.5. The molecule has 4 heteroatoms. The number of rotatable bonds is 6. The Bertz CT molecular complexity index is 399. The molecule has 0 bridgehead atoms. The molecule has 1 aromatic rings. The first-order chi connectivity index (χ1) is 9.10. The quantitative estimate of drug-likeness (QED) is 0.282. The largest absolute Gasteiger partial charge is 0.494 e. The monoisotopic (exact) mass is 264 g/mol. The summed E-state index contributed by atoms with van der Waals surface area (Å²) in [4.78, 5) is 1.92. The molecule has 0 saturated heterocycles. The van der Waals surface area contributed by atoms with E-state index in [-0.39, 0.29) is 6.04 Å². The van der Waals surface area contributed by atoms with Crippen LogP contribution in [0.2, 0.25) is 0 Å². The van der Waals surface area contributed by atoms with Crippen LogP contribution in [0.4, 0.5) is 0 Å². The van der Waals surface area contributed by atoms with E-state index in [0.29, 0.717) is 5.84 Å². The lowest BCUT2D eigenvalue weighted by atomic mass is 10.1. The summed E-state index contributed by atoms with van der Waals surface area (Å²) in [6.45, 7) is 6.97. The minimum Gasteiger partial charge on any atom is -0.494 e. The van der Waals surface area contributed by atoms with Gasteiger partial charge in [-0.3, -0.25) is 0 Å². The fraction of sp³-hybridized carbons (Fsp3) is 0.533. The van der Waals surface area contributed by atoms with Crippen LogP contribution in [0.25, 0.3) is 0 Å². The molecule has 0 fully saturated rings. The molecule has 0 unspecified atom stereocenters. The van der Waals surface area contributed by atoms with E-state index in [1.165, 1.54) is 0 Å². The molecule has 1 N–H and O–H groups in total. The lowest BCUT2D eigenvalue weighted by Crippen LogP contribution is -2.33. The maximum Gasteiger partial charge on any atom is 0.175 e. The van der Waals surface area contributed by atoms with E-state index in [4.69, 9.17) is 9.94 Å². The summed E-state index contributed by atoms with van der Waals surface area (Å²) in [5.41, 5.74) is 0.876. The van der Waals surface area contributed by atoms with Gasteiger partial charge < -0.3 is 14.8 Å². The van der Waals surface area contributed by atoms with Crippen molar-refractivity contribution in [3.05, 3.63) is 29.8 Å². The number of hydrogen-bond acceptors (Lipinski definition) is 3. The Balaban J connectivity index is 2.74. The summed E-state index contributed by atoms with van der Waals surface area (Å²) < 4.78 is 5.61. The lowest BCUT2D eigenvalue weighted by Gasteiger charge is -2.24. The highest BCUT2D eigenvalue weighted by atomic mass is 16.5. The van der Waals surface area contributed by atoms with Crippen molar-refractivity contribution in [1.82, 2.24) is 4.90 Å². The van der Waals surface area contributed by atoms with Gasteiger partial charge in [0, 0.05) is 18.7 Å². The van der Waals surface area contributed by atoms with E-state index in [1.54, 1.807) is 0 Å². The molecule has 0 radical (unpaired) electrons. The Morgan fingerprint density at radius 2 is 1.95 bits per heavy atom. The summed E-state index contributed by atoms with van der Waals surface area (Å²) in [6, 6.07) is 7.91. The first-order valence-electron chi connectivity index (χ1n) is 6.78. The van der Waals surface area contributed by atoms with Crippen molar-refractivity contribution < 1.29 is 9.94 Å². The highest BCUT2D eigenvalue weighted by molar-refractivity contribution is 5.98. The van der Waals surface area contributed by atoms with Crippen molar-refractivity contribution in [2.75, 3.05) is 13.7 Å². The van der Waals surface area contributed by atoms with Crippen molar-refractivity contribution in [1.29, 1.82) is 0 Å². The van der Waals surface area contributed by atoms with E-state index in [1.807, 2.05) is 50.1 Å². The molecule has 106 valence electrons. The van der Waals surface area contributed by atoms with Crippen LogP contribution in [-0.2, 0) is 0 Å². The molecule has 19 heavy (non-hydrogen) atoms. The Labute approximate surface area is 115 Å². The summed E-state index contributed by atoms with van der Waals surface area (Å²) >= 11 is 0. The molecule has 0 amide bonds. The summed E-state index contributed by atoms with van der Waals surface area (Å²) in [5.74, 6) is 1.41. The van der Waals surface area contributed by atoms with Gasteiger partial charge in [0.25, 0.3) is 0 Å². The molecular formula is C15H24N2O2. The third kappa shape index (κ3) is 4.47. The zero-order chi connectivity index (χ0) is 14.3. The molecule has 4 nitrogen and oxygen atoms in total. The fourth-order valence-corrected chi connectivity index (χ4v) is 1.61. The van der Waals surface area contributed by atoms with Crippen molar-refractivity contribution in [3.8, 4) is 5.75 Å². The minimum atomic E-state index is 0.270. The van der Waals surface area contributed by atoms with Crippen LogP contribution in [0, 0.1) is 0 Å². The highest BCUT2D eigenvalue weighted by Crippen LogP contribution is 2.15. The minimum absolute atomic E-state index is 0.270. The van der Waals surface area contributed by atoms with Crippen molar-refractivity contribution >= 4 is 5.84 Å². The predicted octanol–water partition coefficient (Wildman–Crippen LogP) is 3.34. The number of nitrogens with zero attached hydrogens (tertiary/aromatic N) is 2. The summed E-state index contributed by atoms with van der Waals surface area (Å²) in [7, 11) is 1.91. The topological polar surface area (TPSA) is 45.1 Å². The average Bonchev–Trinajstić information content (AvgIpc) is 2.41. The van der Waals surface area contributed by atoms with Gasteiger partial charge in [-0.25, -0.2) is 0 Å². The van der Waals surface area contributed by atoms with Crippen LogP contribution >= 0.6 is 0 Å². The standard InChI is InChI=1S/C15H24N2O2/c1-5-6-11-19-14-9-7-13(8-10-14)15(16-18)17(4)12(2)3/h7-10,12,18H,5-6,11H2,1-4H3/b16-15+. The molecule has 0 aliphatic heterocycles. The maximum atomic E-state index is 9.16. The van der Waals surface area contributed by atoms with Crippen LogP contribution in [0.1, 0.15) is 39.2 Å². The molecule has 1 rings (SSSR count). The van der Waals surface area contributed by atoms with Gasteiger partial charge in [-0.05, 0) is 44.5 Å². The molecule has 0 heterocycles. The van der Waals surface area contributed by atoms with Gasteiger partial charge in [0.1, 0.15) is 5.75 Å².